The van der Waals surface area contributed by atoms with Crippen LogP contribution in [0.5, 0.6) is 5.75 Å². The Labute approximate surface area is 186 Å². The minimum Gasteiger partial charge on any atom is -0.483 e. The molecule has 30 heavy (non-hydrogen) atoms. The van der Waals surface area contributed by atoms with E-state index in [-0.39, 0.29) is 30.8 Å². The molecule has 1 atom stereocenters. The second-order valence-corrected chi connectivity index (χ2v) is 9.04. The molecule has 1 fully saturated rings. The van der Waals surface area contributed by atoms with Gasteiger partial charge in [-0.1, -0.05) is 43.6 Å². The number of esters is 1. The zero-order valence-electron chi connectivity index (χ0n) is 18.1. The Morgan fingerprint density at radius 2 is 2.00 bits per heavy atom. The molecule has 7 nitrogen and oxygen atoms in total. The highest BCUT2D eigenvalue weighted by atomic mass is 79.9. The zero-order chi connectivity index (χ0) is 22.3. The van der Waals surface area contributed by atoms with Crippen molar-refractivity contribution in [2.75, 3.05) is 26.3 Å². The second kappa shape index (κ2) is 11.3. The molecule has 2 amide bonds. The maximum Gasteiger partial charge on any atom is 0.308 e. The molecule has 8 heteroatoms. The van der Waals surface area contributed by atoms with E-state index in [1.165, 1.54) is 4.90 Å². The Morgan fingerprint density at radius 1 is 1.27 bits per heavy atom. The van der Waals surface area contributed by atoms with E-state index in [4.69, 9.17) is 9.47 Å². The number of carbonyl (C=O) groups is 3. The Hall–Kier alpha value is -2.09. The van der Waals surface area contributed by atoms with Gasteiger partial charge in [-0.15, -0.1) is 0 Å². The fraction of sp³-hybridized carbons (Fsp3) is 0.591. The van der Waals surface area contributed by atoms with E-state index in [0.29, 0.717) is 31.4 Å². The predicted molar refractivity (Wildman–Crippen MR) is 117 cm³/mol. The predicted octanol–water partition coefficient (Wildman–Crippen LogP) is 3.26. The van der Waals surface area contributed by atoms with Crippen LogP contribution in [-0.4, -0.2) is 55.0 Å². The van der Waals surface area contributed by atoms with Gasteiger partial charge < -0.3 is 19.7 Å². The number of halogens is 1. The molecular formula is C22H31BrN2O5. The van der Waals surface area contributed by atoms with Crippen molar-refractivity contribution in [1.29, 1.82) is 0 Å². The van der Waals surface area contributed by atoms with Crippen LogP contribution in [0.15, 0.2) is 22.7 Å². The molecule has 1 N–H and O–H groups in total. The Balaban J connectivity index is 2.00. The molecule has 166 valence electrons. The molecule has 0 bridgehead atoms. The highest BCUT2D eigenvalue weighted by molar-refractivity contribution is 9.10. The molecule has 1 heterocycles. The van der Waals surface area contributed by atoms with Crippen molar-refractivity contribution in [2.45, 2.75) is 52.5 Å². The van der Waals surface area contributed by atoms with Crippen molar-refractivity contribution in [3.8, 4) is 5.75 Å². The van der Waals surface area contributed by atoms with Crippen LogP contribution in [0.25, 0.3) is 0 Å². The summed E-state index contributed by atoms with van der Waals surface area (Å²) in [5.41, 5.74) is 0.985. The Kier molecular flexibility index (Phi) is 9.14. The highest BCUT2D eigenvalue weighted by Gasteiger charge is 2.35. The first kappa shape index (κ1) is 24.2. The van der Waals surface area contributed by atoms with Gasteiger partial charge in [0.2, 0.25) is 5.91 Å². The Bertz CT molecular complexity index is 766. The lowest BCUT2D eigenvalue weighted by Gasteiger charge is -2.34. The van der Waals surface area contributed by atoms with Crippen molar-refractivity contribution in [2.24, 2.45) is 5.92 Å². The smallest absolute Gasteiger partial charge is 0.308 e. The van der Waals surface area contributed by atoms with Crippen molar-refractivity contribution in [1.82, 2.24) is 10.2 Å². The number of nitrogens with one attached hydrogen (secondary N) is 1. The molecular weight excluding hydrogens is 452 g/mol. The van der Waals surface area contributed by atoms with E-state index in [0.717, 1.165) is 16.5 Å². The van der Waals surface area contributed by atoms with Crippen LogP contribution in [0.2, 0.25) is 0 Å². The van der Waals surface area contributed by atoms with Crippen molar-refractivity contribution in [3.05, 3.63) is 28.2 Å². The molecule has 1 aromatic rings. The zero-order valence-corrected chi connectivity index (χ0v) is 19.7. The lowest BCUT2D eigenvalue weighted by atomic mass is 10.0. The van der Waals surface area contributed by atoms with Gasteiger partial charge in [0.25, 0.3) is 5.91 Å². The van der Waals surface area contributed by atoms with Crippen molar-refractivity contribution in [3.63, 3.8) is 0 Å². The Morgan fingerprint density at radius 3 is 2.67 bits per heavy atom. The number of hydrogen-bond donors (Lipinski definition) is 1. The molecule has 0 radical (unpaired) electrons. The quantitative estimate of drug-likeness (QED) is 0.546. The first-order valence-electron chi connectivity index (χ1n) is 10.3. The summed E-state index contributed by atoms with van der Waals surface area (Å²) in [6.45, 7) is 8.96. The topological polar surface area (TPSA) is 84.9 Å². The molecule has 0 saturated carbocycles. The van der Waals surface area contributed by atoms with E-state index in [2.05, 4.69) is 21.2 Å². The van der Waals surface area contributed by atoms with Crippen LogP contribution in [0.3, 0.4) is 0 Å². The number of benzene rings is 1. The average molecular weight is 483 g/mol. The standard InChI is InChI=1S/C22H31BrN2O5/c1-14(2)7-10-29-21(27)12-18-22(28)24-8-9-25(18)20(26)13-30-19-6-5-16(23)11-17(19)15(3)4/h5-6,11,14-15,18H,7-10,12-13H2,1-4H3,(H,24,28). The fourth-order valence-electron chi connectivity index (χ4n) is 3.17. The molecule has 1 aromatic carbocycles. The second-order valence-electron chi connectivity index (χ2n) is 8.13. The van der Waals surface area contributed by atoms with Crippen molar-refractivity contribution < 1.29 is 23.9 Å². The maximum absolute atomic E-state index is 12.8. The monoisotopic (exact) mass is 482 g/mol. The van der Waals surface area contributed by atoms with E-state index in [1.807, 2.05) is 45.9 Å². The van der Waals surface area contributed by atoms with Gasteiger partial charge in [-0.05, 0) is 42.0 Å². The van der Waals surface area contributed by atoms with E-state index in [9.17, 15) is 14.4 Å². The number of carbonyl (C=O) groups excluding carboxylic acids is 3. The van der Waals surface area contributed by atoms with E-state index >= 15 is 0 Å². The van der Waals surface area contributed by atoms with Gasteiger partial charge in [0.15, 0.2) is 6.61 Å². The lowest BCUT2D eigenvalue weighted by molar-refractivity contribution is -0.152. The molecule has 1 aliphatic heterocycles. The largest absolute Gasteiger partial charge is 0.483 e. The summed E-state index contributed by atoms with van der Waals surface area (Å²) in [6.07, 6.45) is 0.593. The van der Waals surface area contributed by atoms with Crippen LogP contribution >= 0.6 is 15.9 Å². The first-order valence-corrected chi connectivity index (χ1v) is 11.1. The van der Waals surface area contributed by atoms with Crippen molar-refractivity contribution >= 4 is 33.7 Å². The third-order valence-corrected chi connectivity index (χ3v) is 5.41. The molecule has 1 aliphatic rings. The average Bonchev–Trinajstić information content (AvgIpc) is 2.67. The summed E-state index contributed by atoms with van der Waals surface area (Å²) in [5.74, 6) is 0.116. The number of piperazine rings is 1. The normalized spacial score (nSPS) is 16.6. The molecule has 0 aromatic heterocycles. The number of nitrogens with zero attached hydrogens (tertiary/aromatic N) is 1. The molecule has 1 saturated heterocycles. The number of amides is 2. The summed E-state index contributed by atoms with van der Waals surface area (Å²) in [4.78, 5) is 38.7. The third kappa shape index (κ3) is 7.00. The third-order valence-electron chi connectivity index (χ3n) is 4.91. The van der Waals surface area contributed by atoms with E-state index < -0.39 is 12.0 Å². The first-order chi connectivity index (χ1) is 14.2. The van der Waals surface area contributed by atoms with Gasteiger partial charge in [-0.25, -0.2) is 0 Å². The summed E-state index contributed by atoms with van der Waals surface area (Å²) < 4.78 is 11.9. The highest BCUT2D eigenvalue weighted by Crippen LogP contribution is 2.29. The SMILES string of the molecule is CC(C)CCOC(=O)CC1C(=O)NCCN1C(=O)COc1ccc(Br)cc1C(C)C. The molecule has 1 unspecified atom stereocenters. The van der Waals surface area contributed by atoms with Gasteiger partial charge >= 0.3 is 5.97 Å². The van der Waals surface area contributed by atoms with Gasteiger partial charge in [-0.2, -0.15) is 0 Å². The lowest BCUT2D eigenvalue weighted by Crippen LogP contribution is -2.58. The fourth-order valence-corrected chi connectivity index (χ4v) is 3.54. The van der Waals surface area contributed by atoms with E-state index in [1.54, 1.807) is 0 Å². The summed E-state index contributed by atoms with van der Waals surface area (Å²) >= 11 is 3.45. The molecule has 2 rings (SSSR count). The van der Waals surface area contributed by atoms with Gasteiger partial charge in [0, 0.05) is 17.6 Å². The summed E-state index contributed by atoms with van der Waals surface area (Å²) in [6, 6.07) is 4.76. The number of hydrogen-bond acceptors (Lipinski definition) is 5. The van der Waals surface area contributed by atoms with Crippen LogP contribution in [0, 0.1) is 5.92 Å². The van der Waals surface area contributed by atoms with Crippen LogP contribution in [0.1, 0.15) is 52.0 Å². The van der Waals surface area contributed by atoms with Crippen LogP contribution < -0.4 is 10.1 Å². The molecule has 0 spiro atoms. The number of rotatable bonds is 9. The summed E-state index contributed by atoms with van der Waals surface area (Å²) in [5, 5.41) is 2.71. The minimum absolute atomic E-state index is 0.162. The van der Waals surface area contributed by atoms with Gasteiger partial charge in [0.1, 0.15) is 11.8 Å². The molecule has 0 aliphatic carbocycles. The van der Waals surface area contributed by atoms with Crippen LogP contribution in [0.4, 0.5) is 0 Å². The van der Waals surface area contributed by atoms with Gasteiger partial charge in [0.05, 0.1) is 13.0 Å². The minimum atomic E-state index is -0.879. The van der Waals surface area contributed by atoms with Gasteiger partial charge in [-0.3, -0.25) is 14.4 Å². The van der Waals surface area contributed by atoms with Crippen LogP contribution in [-0.2, 0) is 19.1 Å². The summed E-state index contributed by atoms with van der Waals surface area (Å²) in [7, 11) is 0. The number of ether oxygens (including phenoxy) is 2. The maximum atomic E-state index is 12.8.